The number of para-hydroxylation sites is 1. The van der Waals surface area contributed by atoms with Crippen molar-refractivity contribution in [1.29, 1.82) is 0 Å². The van der Waals surface area contributed by atoms with Gasteiger partial charge < -0.3 is 10.5 Å². The van der Waals surface area contributed by atoms with Crippen LogP contribution >= 0.6 is 0 Å². The van der Waals surface area contributed by atoms with Crippen LogP contribution in [0.25, 0.3) is 5.69 Å². The lowest BCUT2D eigenvalue weighted by atomic mass is 10.0. The predicted molar refractivity (Wildman–Crippen MR) is 78.7 cm³/mol. The van der Waals surface area contributed by atoms with E-state index in [0.29, 0.717) is 6.10 Å². The van der Waals surface area contributed by atoms with Gasteiger partial charge in [-0.3, -0.25) is 0 Å². The summed E-state index contributed by atoms with van der Waals surface area (Å²) in [6.07, 6.45) is 6.68. The van der Waals surface area contributed by atoms with Crippen LogP contribution in [0.5, 0.6) is 0 Å². The third-order valence-corrected chi connectivity index (χ3v) is 3.83. The number of nitrogens with zero attached hydrogens (tertiary/aromatic N) is 2. The lowest BCUT2D eigenvalue weighted by molar-refractivity contribution is 0.101. The SMILES string of the molecule is NC(CCC1CCCO1)c1ccn(-c2ccccc2)n1. The monoisotopic (exact) mass is 271 g/mol. The number of benzene rings is 1. The number of aromatic nitrogens is 2. The zero-order chi connectivity index (χ0) is 13.8. The highest BCUT2D eigenvalue weighted by molar-refractivity contribution is 5.30. The molecule has 2 N–H and O–H groups in total. The third-order valence-electron chi connectivity index (χ3n) is 3.83. The lowest BCUT2D eigenvalue weighted by Crippen LogP contribution is -2.15. The van der Waals surface area contributed by atoms with Crippen molar-refractivity contribution in [3.05, 3.63) is 48.3 Å². The molecule has 2 aromatic rings. The normalized spacial score (nSPS) is 20.1. The van der Waals surface area contributed by atoms with Gasteiger partial charge in [-0.1, -0.05) is 18.2 Å². The second kappa shape index (κ2) is 6.20. The van der Waals surface area contributed by atoms with Crippen molar-refractivity contribution in [1.82, 2.24) is 9.78 Å². The summed E-state index contributed by atoms with van der Waals surface area (Å²) in [5.41, 5.74) is 8.24. The molecule has 4 heteroatoms. The highest BCUT2D eigenvalue weighted by atomic mass is 16.5. The molecule has 1 aliphatic heterocycles. The lowest BCUT2D eigenvalue weighted by Gasteiger charge is -2.12. The molecule has 1 aromatic carbocycles. The van der Waals surface area contributed by atoms with E-state index >= 15 is 0 Å². The molecular weight excluding hydrogens is 250 g/mol. The Labute approximate surface area is 119 Å². The molecule has 0 aliphatic carbocycles. The molecule has 2 atom stereocenters. The van der Waals surface area contributed by atoms with E-state index in [1.54, 1.807) is 0 Å². The molecule has 0 saturated carbocycles. The summed E-state index contributed by atoms with van der Waals surface area (Å²) in [6, 6.07) is 12.1. The Hall–Kier alpha value is -1.65. The standard InChI is InChI=1S/C16H21N3O/c17-15(9-8-14-7-4-12-20-14)16-10-11-19(18-16)13-5-2-1-3-6-13/h1-3,5-6,10-11,14-15H,4,7-9,12,17H2. The summed E-state index contributed by atoms with van der Waals surface area (Å²) in [7, 11) is 0. The average molecular weight is 271 g/mol. The number of nitrogens with two attached hydrogens (primary N) is 1. The molecule has 1 fully saturated rings. The molecular formula is C16H21N3O. The minimum Gasteiger partial charge on any atom is -0.378 e. The summed E-state index contributed by atoms with van der Waals surface area (Å²) in [4.78, 5) is 0. The van der Waals surface area contributed by atoms with E-state index in [1.807, 2.05) is 47.3 Å². The second-order valence-electron chi connectivity index (χ2n) is 5.34. The first kappa shape index (κ1) is 13.3. The minimum atomic E-state index is -0.0100. The van der Waals surface area contributed by atoms with Crippen LogP contribution < -0.4 is 5.73 Å². The summed E-state index contributed by atoms with van der Waals surface area (Å²) in [6.45, 7) is 0.905. The van der Waals surface area contributed by atoms with Crippen LogP contribution in [0.15, 0.2) is 42.6 Å². The highest BCUT2D eigenvalue weighted by Crippen LogP contribution is 2.22. The topological polar surface area (TPSA) is 53.1 Å². The van der Waals surface area contributed by atoms with Gasteiger partial charge in [-0.2, -0.15) is 5.10 Å². The van der Waals surface area contributed by atoms with Crippen molar-refractivity contribution in [3.8, 4) is 5.69 Å². The van der Waals surface area contributed by atoms with Gasteiger partial charge in [0.2, 0.25) is 0 Å². The Morgan fingerprint density at radius 2 is 2.15 bits per heavy atom. The average Bonchev–Trinajstić information content (AvgIpc) is 3.17. The molecule has 0 bridgehead atoms. The van der Waals surface area contributed by atoms with Crippen molar-refractivity contribution in [2.24, 2.45) is 5.73 Å². The van der Waals surface area contributed by atoms with Crippen molar-refractivity contribution >= 4 is 0 Å². The van der Waals surface area contributed by atoms with Gasteiger partial charge in [0.15, 0.2) is 0 Å². The fourth-order valence-electron chi connectivity index (χ4n) is 2.65. The van der Waals surface area contributed by atoms with Crippen LogP contribution in [-0.2, 0) is 4.74 Å². The number of hydrogen-bond acceptors (Lipinski definition) is 3. The summed E-state index contributed by atoms with van der Waals surface area (Å²) < 4.78 is 7.51. The Kier molecular flexibility index (Phi) is 4.14. The van der Waals surface area contributed by atoms with Crippen LogP contribution in [-0.4, -0.2) is 22.5 Å². The van der Waals surface area contributed by atoms with E-state index in [0.717, 1.165) is 30.8 Å². The van der Waals surface area contributed by atoms with Gasteiger partial charge in [-0.15, -0.1) is 0 Å². The Balaban J connectivity index is 1.61. The van der Waals surface area contributed by atoms with Crippen molar-refractivity contribution in [2.75, 3.05) is 6.61 Å². The Morgan fingerprint density at radius 3 is 2.90 bits per heavy atom. The zero-order valence-electron chi connectivity index (χ0n) is 11.6. The van der Waals surface area contributed by atoms with Crippen molar-refractivity contribution in [3.63, 3.8) is 0 Å². The van der Waals surface area contributed by atoms with Gasteiger partial charge in [-0.25, -0.2) is 4.68 Å². The molecule has 3 rings (SSSR count). The van der Waals surface area contributed by atoms with Gasteiger partial charge in [0, 0.05) is 18.8 Å². The summed E-state index contributed by atoms with van der Waals surface area (Å²) in [5, 5.41) is 4.58. The maximum Gasteiger partial charge on any atom is 0.0796 e. The fourth-order valence-corrected chi connectivity index (χ4v) is 2.65. The third kappa shape index (κ3) is 3.08. The molecule has 4 nitrogen and oxygen atoms in total. The number of ether oxygens (including phenoxy) is 1. The van der Waals surface area contributed by atoms with Gasteiger partial charge in [-0.05, 0) is 43.9 Å². The van der Waals surface area contributed by atoms with E-state index in [9.17, 15) is 0 Å². The molecule has 1 aromatic heterocycles. The van der Waals surface area contributed by atoms with E-state index in [1.165, 1.54) is 12.8 Å². The maximum absolute atomic E-state index is 6.23. The molecule has 2 unspecified atom stereocenters. The first-order valence-electron chi connectivity index (χ1n) is 7.31. The highest BCUT2D eigenvalue weighted by Gasteiger charge is 2.18. The first-order valence-corrected chi connectivity index (χ1v) is 7.31. The predicted octanol–water partition coefficient (Wildman–Crippen LogP) is 2.83. The van der Waals surface area contributed by atoms with E-state index in [4.69, 9.17) is 10.5 Å². The van der Waals surface area contributed by atoms with Gasteiger partial charge in [0.1, 0.15) is 0 Å². The molecule has 20 heavy (non-hydrogen) atoms. The molecule has 0 radical (unpaired) electrons. The molecule has 1 saturated heterocycles. The van der Waals surface area contributed by atoms with E-state index < -0.39 is 0 Å². The minimum absolute atomic E-state index is 0.0100. The van der Waals surface area contributed by atoms with E-state index in [2.05, 4.69) is 5.10 Å². The van der Waals surface area contributed by atoms with Crippen LogP contribution in [0.1, 0.15) is 37.4 Å². The first-order chi connectivity index (χ1) is 9.83. The van der Waals surface area contributed by atoms with Gasteiger partial charge in [0.25, 0.3) is 0 Å². The smallest absolute Gasteiger partial charge is 0.0796 e. The van der Waals surface area contributed by atoms with Crippen LogP contribution in [0.2, 0.25) is 0 Å². The van der Waals surface area contributed by atoms with Crippen LogP contribution in [0.3, 0.4) is 0 Å². The van der Waals surface area contributed by atoms with Gasteiger partial charge in [0.05, 0.1) is 17.5 Å². The number of rotatable bonds is 5. The fraction of sp³-hybridized carbons (Fsp3) is 0.438. The molecule has 0 spiro atoms. The zero-order valence-corrected chi connectivity index (χ0v) is 11.6. The number of hydrogen-bond donors (Lipinski definition) is 1. The summed E-state index contributed by atoms with van der Waals surface area (Å²) in [5.74, 6) is 0. The Morgan fingerprint density at radius 1 is 1.30 bits per heavy atom. The van der Waals surface area contributed by atoms with Gasteiger partial charge >= 0.3 is 0 Å². The maximum atomic E-state index is 6.23. The van der Waals surface area contributed by atoms with Crippen molar-refractivity contribution in [2.45, 2.75) is 37.8 Å². The van der Waals surface area contributed by atoms with Crippen molar-refractivity contribution < 1.29 is 4.74 Å². The molecule has 106 valence electrons. The largest absolute Gasteiger partial charge is 0.378 e. The summed E-state index contributed by atoms with van der Waals surface area (Å²) >= 11 is 0. The molecule has 0 amide bonds. The Bertz CT molecular complexity index is 532. The van der Waals surface area contributed by atoms with E-state index in [-0.39, 0.29) is 6.04 Å². The molecule has 1 aliphatic rings. The van der Waals surface area contributed by atoms with Crippen LogP contribution in [0.4, 0.5) is 0 Å². The molecule has 2 heterocycles. The van der Waals surface area contributed by atoms with Crippen LogP contribution in [0, 0.1) is 0 Å². The quantitative estimate of drug-likeness (QED) is 0.909. The second-order valence-corrected chi connectivity index (χ2v) is 5.34.